The minimum absolute atomic E-state index is 0.213. The lowest BCUT2D eigenvalue weighted by Gasteiger charge is -2.17. The average molecular weight is 208 g/mol. The fourth-order valence-corrected chi connectivity index (χ4v) is 1.59. The van der Waals surface area contributed by atoms with E-state index in [0.29, 0.717) is 12.6 Å². The smallest absolute Gasteiger partial charge is 0.148 e. The van der Waals surface area contributed by atoms with Crippen LogP contribution in [0.2, 0.25) is 0 Å². The van der Waals surface area contributed by atoms with Crippen LogP contribution in [-0.4, -0.2) is 58.6 Å². The molecule has 0 rings (SSSR count). The lowest BCUT2D eigenvalue weighted by atomic mass is 10.3. The molecule has 1 unspecified atom stereocenters. The second kappa shape index (κ2) is 5.57. The summed E-state index contributed by atoms with van der Waals surface area (Å²) in [5.74, 6) is 0.213. The molecule has 0 bridgehead atoms. The topological polar surface area (TPSA) is 49.4 Å². The van der Waals surface area contributed by atoms with Crippen LogP contribution in [0.25, 0.3) is 0 Å². The quantitative estimate of drug-likeness (QED) is 0.643. The Balaban J connectivity index is 3.54. The second-order valence-electron chi connectivity index (χ2n) is 3.75. The molecule has 13 heavy (non-hydrogen) atoms. The highest BCUT2D eigenvalue weighted by Crippen LogP contribution is 1.86. The number of likely N-dealkylation sites (N-methyl/N-ethyl adjacent to an activating group) is 1. The van der Waals surface area contributed by atoms with Crippen LogP contribution in [-0.2, 0) is 9.84 Å². The molecule has 4 nitrogen and oxygen atoms in total. The zero-order valence-corrected chi connectivity index (χ0v) is 9.69. The van der Waals surface area contributed by atoms with Crippen LogP contribution >= 0.6 is 0 Å². The molecule has 0 fully saturated rings. The van der Waals surface area contributed by atoms with E-state index < -0.39 is 9.84 Å². The minimum Gasteiger partial charge on any atom is -0.312 e. The highest BCUT2D eigenvalue weighted by atomic mass is 32.2. The number of sulfone groups is 1. The van der Waals surface area contributed by atoms with Gasteiger partial charge >= 0.3 is 0 Å². The summed E-state index contributed by atoms with van der Waals surface area (Å²) in [4.78, 5) is 2.07. The van der Waals surface area contributed by atoms with E-state index in [1.165, 1.54) is 6.26 Å². The molecule has 1 N–H and O–H groups in total. The third kappa shape index (κ3) is 9.79. The highest BCUT2D eigenvalue weighted by Gasteiger charge is 2.05. The Morgan fingerprint density at radius 2 is 1.92 bits per heavy atom. The zero-order chi connectivity index (χ0) is 10.5. The summed E-state index contributed by atoms with van der Waals surface area (Å²) < 4.78 is 21.6. The third-order valence-electron chi connectivity index (χ3n) is 1.60. The van der Waals surface area contributed by atoms with Crippen molar-refractivity contribution < 1.29 is 8.42 Å². The largest absolute Gasteiger partial charge is 0.312 e. The first-order valence-corrected chi connectivity index (χ1v) is 6.43. The molecule has 0 aromatic heterocycles. The van der Waals surface area contributed by atoms with E-state index in [0.717, 1.165) is 6.54 Å². The van der Waals surface area contributed by atoms with Crippen molar-refractivity contribution in [2.45, 2.75) is 13.0 Å². The van der Waals surface area contributed by atoms with Crippen LogP contribution in [0.1, 0.15) is 6.92 Å². The molecule has 0 saturated carbocycles. The number of nitrogens with zero attached hydrogens (tertiary/aromatic N) is 1. The molecular formula is C8H20N2O2S. The first kappa shape index (κ1) is 12.9. The van der Waals surface area contributed by atoms with Crippen LogP contribution in [0.5, 0.6) is 0 Å². The Kier molecular flexibility index (Phi) is 5.51. The van der Waals surface area contributed by atoms with Gasteiger partial charge in [0.25, 0.3) is 0 Å². The van der Waals surface area contributed by atoms with E-state index in [9.17, 15) is 8.42 Å². The third-order valence-corrected chi connectivity index (χ3v) is 2.55. The molecule has 0 aliphatic carbocycles. The van der Waals surface area contributed by atoms with Gasteiger partial charge in [0.2, 0.25) is 0 Å². The van der Waals surface area contributed by atoms with Crippen molar-refractivity contribution in [3.63, 3.8) is 0 Å². The summed E-state index contributed by atoms with van der Waals surface area (Å²) in [5.41, 5.74) is 0. The fourth-order valence-electron chi connectivity index (χ4n) is 1.10. The number of hydrogen-bond donors (Lipinski definition) is 1. The highest BCUT2D eigenvalue weighted by molar-refractivity contribution is 7.90. The molecule has 80 valence electrons. The van der Waals surface area contributed by atoms with E-state index in [1.807, 2.05) is 21.0 Å². The maximum atomic E-state index is 10.8. The van der Waals surface area contributed by atoms with Crippen molar-refractivity contribution in [1.29, 1.82) is 0 Å². The van der Waals surface area contributed by atoms with Gasteiger partial charge in [-0.1, -0.05) is 0 Å². The maximum absolute atomic E-state index is 10.8. The second-order valence-corrected chi connectivity index (χ2v) is 6.01. The molecule has 0 heterocycles. The van der Waals surface area contributed by atoms with Gasteiger partial charge in [0.1, 0.15) is 9.84 Å². The van der Waals surface area contributed by atoms with E-state index in [2.05, 4.69) is 10.2 Å². The van der Waals surface area contributed by atoms with E-state index in [-0.39, 0.29) is 5.75 Å². The summed E-state index contributed by atoms with van der Waals surface area (Å²) >= 11 is 0. The van der Waals surface area contributed by atoms with Crippen LogP contribution < -0.4 is 5.32 Å². The van der Waals surface area contributed by atoms with Crippen LogP contribution in [0.3, 0.4) is 0 Å². The van der Waals surface area contributed by atoms with Gasteiger partial charge in [0.05, 0.1) is 5.75 Å². The van der Waals surface area contributed by atoms with E-state index >= 15 is 0 Å². The maximum Gasteiger partial charge on any atom is 0.148 e. The Morgan fingerprint density at radius 3 is 2.31 bits per heavy atom. The van der Waals surface area contributed by atoms with Crippen molar-refractivity contribution in [2.24, 2.45) is 0 Å². The van der Waals surface area contributed by atoms with Crippen molar-refractivity contribution in [1.82, 2.24) is 10.2 Å². The summed E-state index contributed by atoms with van der Waals surface area (Å²) in [5, 5.41) is 3.15. The predicted octanol–water partition coefficient (Wildman–Crippen LogP) is -0.429. The Bertz CT molecular complexity index is 224. The summed E-state index contributed by atoms with van der Waals surface area (Å²) in [6.07, 6.45) is 1.26. The van der Waals surface area contributed by atoms with Gasteiger partial charge in [0, 0.05) is 25.4 Å². The number of hydrogen-bond acceptors (Lipinski definition) is 4. The van der Waals surface area contributed by atoms with Crippen molar-refractivity contribution in [3.05, 3.63) is 0 Å². The molecule has 0 saturated heterocycles. The van der Waals surface area contributed by atoms with E-state index in [1.54, 1.807) is 0 Å². The molecule has 0 aliphatic rings. The monoisotopic (exact) mass is 208 g/mol. The molecular weight excluding hydrogens is 188 g/mol. The van der Waals surface area contributed by atoms with Gasteiger partial charge < -0.3 is 10.2 Å². The van der Waals surface area contributed by atoms with Crippen LogP contribution in [0.4, 0.5) is 0 Å². The summed E-state index contributed by atoms with van der Waals surface area (Å²) in [7, 11) is 1.17. The van der Waals surface area contributed by atoms with Crippen LogP contribution in [0, 0.1) is 0 Å². The number of nitrogens with one attached hydrogen (secondary N) is 1. The molecule has 5 heteroatoms. The van der Waals surface area contributed by atoms with Crippen LogP contribution in [0.15, 0.2) is 0 Å². The van der Waals surface area contributed by atoms with Gasteiger partial charge in [-0.2, -0.15) is 0 Å². The van der Waals surface area contributed by atoms with Gasteiger partial charge in [-0.15, -0.1) is 0 Å². The minimum atomic E-state index is -2.82. The molecule has 0 radical (unpaired) electrons. The predicted molar refractivity (Wildman–Crippen MR) is 55.7 cm³/mol. The Hall–Kier alpha value is -0.130. The van der Waals surface area contributed by atoms with E-state index in [4.69, 9.17) is 0 Å². The standard InChI is InChI=1S/C8H20N2O2S/c1-8(7-10(2)3)9-5-6-13(4,11)12/h8-9H,5-7H2,1-4H3. The molecule has 0 amide bonds. The molecule has 1 atom stereocenters. The van der Waals surface area contributed by atoms with Gasteiger partial charge in [-0.3, -0.25) is 0 Å². The summed E-state index contributed by atoms with van der Waals surface area (Å²) in [6, 6.07) is 0.330. The number of rotatable bonds is 6. The lowest BCUT2D eigenvalue weighted by molar-refractivity contribution is 0.353. The lowest BCUT2D eigenvalue weighted by Crippen LogP contribution is -2.38. The molecule has 0 aromatic rings. The SMILES string of the molecule is CC(CN(C)C)NCCS(C)(=O)=O. The fraction of sp³-hybridized carbons (Fsp3) is 1.00. The normalized spacial score (nSPS) is 14.8. The van der Waals surface area contributed by atoms with Crippen molar-refractivity contribution in [3.8, 4) is 0 Å². The zero-order valence-electron chi connectivity index (χ0n) is 8.87. The Labute approximate surface area is 81.2 Å². The van der Waals surface area contributed by atoms with Crippen molar-refractivity contribution >= 4 is 9.84 Å². The van der Waals surface area contributed by atoms with Gasteiger partial charge in [-0.05, 0) is 21.0 Å². The first-order valence-electron chi connectivity index (χ1n) is 4.37. The van der Waals surface area contributed by atoms with Gasteiger partial charge in [0.15, 0.2) is 0 Å². The first-order chi connectivity index (χ1) is 5.81. The molecule has 0 aliphatic heterocycles. The average Bonchev–Trinajstić information content (AvgIpc) is 1.81. The Morgan fingerprint density at radius 1 is 1.38 bits per heavy atom. The van der Waals surface area contributed by atoms with Gasteiger partial charge in [-0.25, -0.2) is 8.42 Å². The molecule has 0 spiro atoms. The van der Waals surface area contributed by atoms with Crippen molar-refractivity contribution in [2.75, 3.05) is 39.2 Å². The molecule has 0 aromatic carbocycles. The summed E-state index contributed by atoms with van der Waals surface area (Å²) in [6.45, 7) is 3.50.